The summed E-state index contributed by atoms with van der Waals surface area (Å²) in [5.74, 6) is -0.344. The number of carbonyl (C=O) groups excluding carboxylic acids is 1. The third-order valence-electron chi connectivity index (χ3n) is 4.01. The number of anilines is 1. The van der Waals surface area contributed by atoms with Crippen LogP contribution in [0.15, 0.2) is 53.1 Å². The highest BCUT2D eigenvalue weighted by molar-refractivity contribution is 6.33. The van der Waals surface area contributed by atoms with E-state index in [-0.39, 0.29) is 28.2 Å². The molecular formula is C19H12ClF2NO4. The van der Waals surface area contributed by atoms with E-state index < -0.39 is 6.29 Å². The Labute approximate surface area is 157 Å². The maximum Gasteiger partial charge on any atom is 0.586 e. The summed E-state index contributed by atoms with van der Waals surface area (Å²) >= 11 is 6.18. The van der Waals surface area contributed by atoms with E-state index in [9.17, 15) is 13.6 Å². The number of furan rings is 1. The number of aryl methyl sites for hydroxylation is 1. The Bertz CT molecular complexity index is 1030. The lowest BCUT2D eigenvalue weighted by molar-refractivity contribution is -0.286. The Hall–Kier alpha value is -3.06. The zero-order valence-electron chi connectivity index (χ0n) is 13.9. The van der Waals surface area contributed by atoms with Crippen LogP contribution in [0.1, 0.15) is 16.1 Å². The van der Waals surface area contributed by atoms with Crippen molar-refractivity contribution in [3.05, 3.63) is 65.1 Å². The van der Waals surface area contributed by atoms with Gasteiger partial charge in [0.2, 0.25) is 0 Å². The molecule has 1 aromatic heterocycles. The molecular weight excluding hydrogens is 380 g/mol. The highest BCUT2D eigenvalue weighted by Crippen LogP contribution is 2.46. The minimum atomic E-state index is -3.71. The van der Waals surface area contributed by atoms with E-state index in [1.807, 2.05) is 0 Å². The SMILES string of the molecule is Cc1ccoc1C(=O)Nc1ccc(-c2cc3c(cc2Cl)OC(F)(F)O3)cc1. The number of nitrogens with one attached hydrogen (secondary N) is 1. The number of hydrogen-bond donors (Lipinski definition) is 1. The summed E-state index contributed by atoms with van der Waals surface area (Å²) in [6.07, 6.45) is -2.26. The normalized spacial score (nSPS) is 14.2. The second kappa shape index (κ2) is 6.28. The third-order valence-corrected chi connectivity index (χ3v) is 4.33. The molecule has 1 aliphatic heterocycles. The Morgan fingerprint density at radius 3 is 2.37 bits per heavy atom. The maximum atomic E-state index is 13.2. The number of alkyl halides is 2. The van der Waals surface area contributed by atoms with Gasteiger partial charge < -0.3 is 19.2 Å². The van der Waals surface area contributed by atoms with Crippen molar-refractivity contribution in [2.75, 3.05) is 5.32 Å². The highest BCUT2D eigenvalue weighted by Gasteiger charge is 2.43. The molecule has 2 aromatic carbocycles. The van der Waals surface area contributed by atoms with Gasteiger partial charge in [-0.3, -0.25) is 4.79 Å². The summed E-state index contributed by atoms with van der Waals surface area (Å²) in [6.45, 7) is 1.77. The first-order valence-electron chi connectivity index (χ1n) is 7.88. The fourth-order valence-electron chi connectivity index (χ4n) is 2.72. The molecule has 0 unspecified atom stereocenters. The Balaban J connectivity index is 1.57. The van der Waals surface area contributed by atoms with Crippen LogP contribution in [0.2, 0.25) is 5.02 Å². The third kappa shape index (κ3) is 3.33. The number of hydrogen-bond acceptors (Lipinski definition) is 4. The van der Waals surface area contributed by atoms with Crippen LogP contribution in [0.4, 0.5) is 14.5 Å². The average Bonchev–Trinajstić information content (AvgIpc) is 3.16. The zero-order valence-corrected chi connectivity index (χ0v) is 14.6. The van der Waals surface area contributed by atoms with Gasteiger partial charge in [-0.15, -0.1) is 8.78 Å². The van der Waals surface area contributed by atoms with Crippen LogP contribution < -0.4 is 14.8 Å². The molecule has 138 valence electrons. The van der Waals surface area contributed by atoms with Crippen LogP contribution in [0, 0.1) is 6.92 Å². The summed E-state index contributed by atoms with van der Waals surface area (Å²) in [7, 11) is 0. The first kappa shape index (κ1) is 17.4. The number of benzene rings is 2. The average molecular weight is 392 g/mol. The van der Waals surface area contributed by atoms with Crippen molar-refractivity contribution in [3.63, 3.8) is 0 Å². The standard InChI is InChI=1S/C19H12ClF2NO4/c1-10-6-7-25-17(10)18(24)23-12-4-2-11(3-5-12)13-8-15-16(9-14(13)20)27-19(21,22)26-15/h2-9H,1H3,(H,23,24). The van der Waals surface area contributed by atoms with E-state index in [0.29, 0.717) is 16.8 Å². The van der Waals surface area contributed by atoms with E-state index in [4.69, 9.17) is 16.0 Å². The second-order valence-corrected chi connectivity index (χ2v) is 6.32. The van der Waals surface area contributed by atoms with Crippen molar-refractivity contribution in [1.29, 1.82) is 0 Å². The van der Waals surface area contributed by atoms with Gasteiger partial charge in [0.1, 0.15) is 0 Å². The fraction of sp³-hybridized carbons (Fsp3) is 0.105. The predicted molar refractivity (Wildman–Crippen MR) is 94.5 cm³/mol. The molecule has 0 aliphatic carbocycles. The maximum absolute atomic E-state index is 13.2. The number of fused-ring (bicyclic) bond motifs is 1. The Morgan fingerprint density at radius 1 is 1.07 bits per heavy atom. The topological polar surface area (TPSA) is 60.7 Å². The van der Waals surface area contributed by atoms with Crippen LogP contribution in [0.25, 0.3) is 11.1 Å². The molecule has 0 bridgehead atoms. The van der Waals surface area contributed by atoms with E-state index in [1.165, 1.54) is 18.4 Å². The molecule has 27 heavy (non-hydrogen) atoms. The number of ether oxygens (including phenoxy) is 2. The lowest BCUT2D eigenvalue weighted by atomic mass is 10.0. The lowest BCUT2D eigenvalue weighted by Crippen LogP contribution is -2.25. The van der Waals surface area contributed by atoms with Crippen LogP contribution in [0.3, 0.4) is 0 Å². The molecule has 1 N–H and O–H groups in total. The van der Waals surface area contributed by atoms with Crippen LogP contribution in [-0.2, 0) is 0 Å². The Kier molecular flexibility index (Phi) is 4.04. The quantitative estimate of drug-likeness (QED) is 0.642. The summed E-state index contributed by atoms with van der Waals surface area (Å²) in [6, 6.07) is 11.1. The zero-order chi connectivity index (χ0) is 19.2. The fourth-order valence-corrected chi connectivity index (χ4v) is 2.98. The van der Waals surface area contributed by atoms with Crippen LogP contribution in [0.5, 0.6) is 11.5 Å². The lowest BCUT2D eigenvalue weighted by Gasteiger charge is -2.08. The minimum Gasteiger partial charge on any atom is -0.459 e. The largest absolute Gasteiger partial charge is 0.586 e. The molecule has 1 amide bonds. The van der Waals surface area contributed by atoms with Crippen molar-refractivity contribution in [2.24, 2.45) is 0 Å². The molecule has 2 heterocycles. The van der Waals surface area contributed by atoms with Crippen molar-refractivity contribution in [3.8, 4) is 22.6 Å². The molecule has 0 radical (unpaired) electrons. The van der Waals surface area contributed by atoms with E-state index in [0.717, 1.165) is 5.56 Å². The molecule has 4 rings (SSSR count). The molecule has 0 fully saturated rings. The molecule has 5 nitrogen and oxygen atoms in total. The highest BCUT2D eigenvalue weighted by atomic mass is 35.5. The summed E-state index contributed by atoms with van der Waals surface area (Å²) in [5, 5.41) is 2.96. The van der Waals surface area contributed by atoms with Gasteiger partial charge >= 0.3 is 6.29 Å². The van der Waals surface area contributed by atoms with Gasteiger partial charge in [-0.05, 0) is 36.8 Å². The van der Waals surface area contributed by atoms with Gasteiger partial charge in [0.05, 0.1) is 11.3 Å². The number of amides is 1. The number of carbonyl (C=O) groups is 1. The minimum absolute atomic E-state index is 0.0925. The predicted octanol–water partition coefficient (Wildman–Crippen LogP) is 5.48. The van der Waals surface area contributed by atoms with Gasteiger partial charge in [-0.1, -0.05) is 23.7 Å². The van der Waals surface area contributed by atoms with Crippen LogP contribution >= 0.6 is 11.6 Å². The second-order valence-electron chi connectivity index (χ2n) is 5.91. The summed E-state index contributed by atoms with van der Waals surface area (Å²) in [5.41, 5.74) is 2.43. The first-order chi connectivity index (χ1) is 12.8. The first-order valence-corrected chi connectivity index (χ1v) is 8.25. The summed E-state index contributed by atoms with van der Waals surface area (Å²) in [4.78, 5) is 12.2. The van der Waals surface area contributed by atoms with Gasteiger partial charge in [-0.2, -0.15) is 0 Å². The van der Waals surface area contributed by atoms with Crippen LogP contribution in [-0.4, -0.2) is 12.2 Å². The van der Waals surface area contributed by atoms with E-state index >= 15 is 0 Å². The number of rotatable bonds is 3. The van der Waals surface area contributed by atoms with Crippen molar-refractivity contribution >= 4 is 23.2 Å². The molecule has 0 saturated carbocycles. The molecule has 1 aliphatic rings. The van der Waals surface area contributed by atoms with Crippen molar-refractivity contribution < 1.29 is 27.5 Å². The van der Waals surface area contributed by atoms with Gasteiger partial charge in [-0.25, -0.2) is 0 Å². The molecule has 0 saturated heterocycles. The van der Waals surface area contributed by atoms with Crippen molar-refractivity contribution in [2.45, 2.75) is 13.2 Å². The monoisotopic (exact) mass is 391 g/mol. The molecule has 0 atom stereocenters. The van der Waals surface area contributed by atoms with Gasteiger partial charge in [0.15, 0.2) is 17.3 Å². The number of halogens is 3. The van der Waals surface area contributed by atoms with Crippen molar-refractivity contribution in [1.82, 2.24) is 0 Å². The molecule has 0 spiro atoms. The van der Waals surface area contributed by atoms with E-state index in [1.54, 1.807) is 37.3 Å². The van der Waals surface area contributed by atoms with Gasteiger partial charge in [0, 0.05) is 22.9 Å². The smallest absolute Gasteiger partial charge is 0.459 e. The van der Waals surface area contributed by atoms with E-state index in [2.05, 4.69) is 14.8 Å². The summed E-state index contributed by atoms with van der Waals surface area (Å²) < 4.78 is 40.4. The van der Waals surface area contributed by atoms with Gasteiger partial charge in [0.25, 0.3) is 5.91 Å². The molecule has 3 aromatic rings. The molecule has 8 heteroatoms. The Morgan fingerprint density at radius 2 is 1.74 bits per heavy atom.